The van der Waals surface area contributed by atoms with Gasteiger partial charge in [-0.15, -0.1) is 0 Å². The van der Waals surface area contributed by atoms with Gasteiger partial charge in [0.1, 0.15) is 0 Å². The molecule has 14 heteroatoms. The maximum Gasteiger partial charge on any atom is 0.0816 e. The van der Waals surface area contributed by atoms with Gasteiger partial charge >= 0.3 is 0 Å². The van der Waals surface area contributed by atoms with Crippen LogP contribution < -0.4 is 24.6 Å². The van der Waals surface area contributed by atoms with Crippen LogP contribution in [0.15, 0.2) is 48.5 Å². The highest BCUT2D eigenvalue weighted by Crippen LogP contribution is 2.38. The number of aromatic nitrogens is 8. The van der Waals surface area contributed by atoms with E-state index in [1.807, 2.05) is 0 Å². The van der Waals surface area contributed by atoms with Gasteiger partial charge in [-0.1, -0.05) is 56.4 Å². The average Bonchev–Trinajstić information content (AvgIpc) is 4.19. The zero-order valence-corrected chi connectivity index (χ0v) is 50.0. The summed E-state index contributed by atoms with van der Waals surface area (Å²) >= 11 is 0. The van der Waals surface area contributed by atoms with E-state index in [1.165, 1.54) is 95.5 Å². The Morgan fingerprint density at radius 2 is 0.550 bits per heavy atom. The number of nitrogens with zero attached hydrogens (tertiary/aromatic N) is 4. The minimum atomic E-state index is -0.0410. The minimum absolute atomic E-state index is 0. The van der Waals surface area contributed by atoms with E-state index in [1.54, 1.807) is 7.11 Å². The van der Waals surface area contributed by atoms with E-state index >= 15 is 0 Å². The Hall–Kier alpha value is -7.04. The number of aromatic amines is 4. The number of ether oxygens (including phenoxy) is 1. The Morgan fingerprint density at radius 3 is 0.800 bits per heavy atom. The number of nitrogens with one attached hydrogen (secondary N) is 4. The molecule has 10 rings (SSSR count). The minimum Gasteiger partial charge on any atom is -0.412 e. The van der Waals surface area contributed by atoms with Gasteiger partial charge in [-0.2, -0.15) is 0 Å². The molecule has 6 aromatic rings. The molecule has 6 aromatic heterocycles. The van der Waals surface area contributed by atoms with Crippen LogP contribution in [0, 0.1) is 41.5 Å². The molecule has 0 aliphatic carbocycles. The molecular formula is C66H104N12O2. The zero-order chi connectivity index (χ0) is 52.4. The van der Waals surface area contributed by atoms with Gasteiger partial charge in [-0.3, -0.25) is 0 Å². The Balaban J connectivity index is 0. The number of methoxy groups -OCH3 is 1. The fourth-order valence-corrected chi connectivity index (χ4v) is 10.2. The van der Waals surface area contributed by atoms with Crippen molar-refractivity contribution in [2.24, 2.45) is 0 Å². The van der Waals surface area contributed by atoms with Crippen molar-refractivity contribution in [3.8, 4) is 0 Å². The predicted octanol–water partition coefficient (Wildman–Crippen LogP) is 19.5. The maximum absolute atomic E-state index is 5.77. The summed E-state index contributed by atoms with van der Waals surface area (Å²) in [4.78, 5) is 34.8. The highest BCUT2D eigenvalue weighted by molar-refractivity contribution is 5.96. The van der Waals surface area contributed by atoms with Crippen molar-refractivity contribution in [2.45, 2.75) is 172 Å². The van der Waals surface area contributed by atoms with Crippen molar-refractivity contribution in [1.82, 2.24) is 64.5 Å². The van der Waals surface area contributed by atoms with E-state index in [4.69, 9.17) is 24.7 Å². The fraction of sp³-hybridized carbons (Fsp3) is 0.394. The third-order valence-electron chi connectivity index (χ3n) is 15.9. The molecular weight excluding hydrogens is 993 g/mol. The van der Waals surface area contributed by atoms with Crippen molar-refractivity contribution in [1.29, 1.82) is 0 Å². The number of aryl methyl sites for hydroxylation is 6. The average molecular weight is 1100 g/mol. The van der Waals surface area contributed by atoms with Gasteiger partial charge in [0.15, 0.2) is 0 Å². The van der Waals surface area contributed by atoms with Gasteiger partial charge in [-0.25, -0.2) is 19.9 Å². The SMILES string of the molecule is C.C.C.CC1=C(C)c2cc3[nH]c(cc4[nH]c(cc5nc(cc1n2)C(C)=C5C)c(C)c4C(C)C)c(C)c3C.CCC.COC(C)c1c(C)c2cc3nc(cc4nc(cc5[nH]c(cc1[nH]2)c(C)c5C)C(C)=C4C)C(C)=C3C.N.N.N.N.O.[HH]. The standard InChI is InChI=1S/C30H34N4O.C30H34N4.C3H8.3CH4.4H3N.H2O.H2/c1-14-15(2)23-11-25-18(5)19(6)27(33-25)13-29-30(21(8)35-9)20(7)28(34-29)12-26-17(4)16(3)24(32-26)10-22(14)31-23;1-14(2)30-21(9)28-12-26-18(6)17(5)24(32-26)10-22-15(3)16(4)23(31-22)11-25-19(7)20(8)27(33-25)13-29(30)34-28;1-3-2;;;;;;;;;/h10-13,21,33-34H,1-9H3;10-14,33-34H,1-9H3;3H2,1-2H3;3*1H4;4*1H3;1H2;1H. The molecule has 4 aliphatic heterocycles. The number of hydrogen-bond acceptors (Lipinski definition) is 9. The van der Waals surface area contributed by atoms with E-state index in [-0.39, 0.29) is 59.9 Å². The molecule has 4 aliphatic rings. The number of hydrogen-bond donors (Lipinski definition) is 8. The van der Waals surface area contributed by atoms with Crippen LogP contribution in [0.1, 0.15) is 222 Å². The molecule has 18 N–H and O–H groups in total. The lowest BCUT2D eigenvalue weighted by Crippen LogP contribution is -1.96. The fourth-order valence-electron chi connectivity index (χ4n) is 10.2. The first-order valence-electron chi connectivity index (χ1n) is 25.8. The molecule has 0 aromatic carbocycles. The highest BCUT2D eigenvalue weighted by Gasteiger charge is 2.22. The molecule has 0 saturated heterocycles. The van der Waals surface area contributed by atoms with Crippen molar-refractivity contribution >= 4 is 88.7 Å². The number of rotatable bonds is 3. The summed E-state index contributed by atoms with van der Waals surface area (Å²) in [6.07, 6.45) is 1.21. The highest BCUT2D eigenvalue weighted by atomic mass is 16.5. The molecule has 10 heterocycles. The van der Waals surface area contributed by atoms with Crippen LogP contribution in [0.3, 0.4) is 0 Å². The Labute approximate surface area is 480 Å². The van der Waals surface area contributed by atoms with Gasteiger partial charge in [0.25, 0.3) is 0 Å². The van der Waals surface area contributed by atoms with Crippen LogP contribution in [-0.4, -0.2) is 52.5 Å². The monoisotopic (exact) mass is 1100 g/mol. The number of H-pyrrole nitrogens is 4. The third-order valence-corrected chi connectivity index (χ3v) is 15.9. The second kappa shape index (κ2) is 28.4. The molecule has 440 valence electrons. The largest absolute Gasteiger partial charge is 0.412 e. The topological polar surface area (TPSA) is 295 Å². The number of allylic oxidation sites excluding steroid dienone is 8. The second-order valence-electron chi connectivity index (χ2n) is 20.8. The summed E-state index contributed by atoms with van der Waals surface area (Å²) in [5.74, 6) is 0.408. The molecule has 0 radical (unpaired) electrons. The van der Waals surface area contributed by atoms with Gasteiger partial charge in [0.05, 0.1) is 51.7 Å². The summed E-state index contributed by atoms with van der Waals surface area (Å²) in [6.45, 7) is 41.2. The molecule has 0 amide bonds. The van der Waals surface area contributed by atoms with E-state index in [2.05, 4.69) is 200 Å². The molecule has 0 saturated carbocycles. The van der Waals surface area contributed by atoms with Gasteiger partial charge in [-0.05, 0) is 242 Å². The quantitative estimate of drug-likeness (QED) is 0.0834. The first-order chi connectivity index (χ1) is 34.1. The Bertz CT molecular complexity index is 3730. The van der Waals surface area contributed by atoms with Crippen LogP contribution in [0.5, 0.6) is 0 Å². The molecule has 0 spiro atoms. The molecule has 0 fully saturated rings. The van der Waals surface area contributed by atoms with Crippen molar-refractivity contribution in [2.75, 3.05) is 7.11 Å². The van der Waals surface area contributed by atoms with Crippen LogP contribution in [-0.2, 0) is 4.74 Å². The first kappa shape index (κ1) is 73.0. The summed E-state index contributed by atoms with van der Waals surface area (Å²) in [7, 11) is 1.76. The van der Waals surface area contributed by atoms with E-state index in [0.717, 1.165) is 89.7 Å². The van der Waals surface area contributed by atoms with Crippen molar-refractivity contribution in [3.63, 3.8) is 0 Å². The predicted molar refractivity (Wildman–Crippen MR) is 355 cm³/mol. The van der Waals surface area contributed by atoms with Gasteiger partial charge < -0.3 is 54.8 Å². The summed E-state index contributed by atoms with van der Waals surface area (Å²) in [6, 6.07) is 17.5. The van der Waals surface area contributed by atoms with Gasteiger partial charge in [0, 0.05) is 58.2 Å². The third kappa shape index (κ3) is 13.1. The smallest absolute Gasteiger partial charge is 0.0816 e. The summed E-state index contributed by atoms with van der Waals surface area (Å²) in [5.41, 5.74) is 36.4. The van der Waals surface area contributed by atoms with Crippen molar-refractivity contribution in [3.05, 3.63) is 139 Å². The summed E-state index contributed by atoms with van der Waals surface area (Å²) in [5, 5.41) is 0. The first-order valence-corrected chi connectivity index (χ1v) is 25.8. The normalized spacial score (nSPS) is 12.7. The van der Waals surface area contributed by atoms with Crippen LogP contribution in [0.2, 0.25) is 0 Å². The zero-order valence-electron chi connectivity index (χ0n) is 50.0. The van der Waals surface area contributed by atoms with Crippen LogP contribution in [0.25, 0.3) is 88.7 Å². The van der Waals surface area contributed by atoms with Crippen molar-refractivity contribution < 1.29 is 11.6 Å². The molecule has 1 atom stereocenters. The van der Waals surface area contributed by atoms with E-state index in [9.17, 15) is 0 Å². The van der Waals surface area contributed by atoms with E-state index in [0.29, 0.717) is 5.92 Å². The summed E-state index contributed by atoms with van der Waals surface area (Å²) < 4.78 is 5.77. The lowest BCUT2D eigenvalue weighted by molar-refractivity contribution is 0.120. The van der Waals surface area contributed by atoms with Gasteiger partial charge in [0.2, 0.25) is 0 Å². The Kier molecular flexibility index (Phi) is 25.9. The lowest BCUT2D eigenvalue weighted by atomic mass is 9.99. The Morgan fingerprint density at radius 1 is 0.350 bits per heavy atom. The number of fused-ring (bicyclic) bond motifs is 16. The lowest BCUT2D eigenvalue weighted by Gasteiger charge is -2.09. The second-order valence-corrected chi connectivity index (χ2v) is 20.8. The molecule has 16 bridgehead atoms. The molecule has 14 nitrogen and oxygen atoms in total. The molecule has 80 heavy (non-hydrogen) atoms. The van der Waals surface area contributed by atoms with Crippen LogP contribution >= 0.6 is 0 Å². The van der Waals surface area contributed by atoms with E-state index < -0.39 is 0 Å². The molecule has 1 unspecified atom stereocenters. The maximum atomic E-state index is 5.77. The van der Waals surface area contributed by atoms with Crippen LogP contribution in [0.4, 0.5) is 0 Å².